The van der Waals surface area contributed by atoms with Gasteiger partial charge in [-0.25, -0.2) is 0 Å². The number of ether oxygens (including phenoxy) is 1. The number of aromatic nitrogens is 2. The van der Waals surface area contributed by atoms with E-state index in [0.717, 1.165) is 23.4 Å². The lowest BCUT2D eigenvalue weighted by Crippen LogP contribution is -2.31. The summed E-state index contributed by atoms with van der Waals surface area (Å²) >= 11 is 1.68. The summed E-state index contributed by atoms with van der Waals surface area (Å²) in [6.07, 6.45) is 1.21. The van der Waals surface area contributed by atoms with Gasteiger partial charge < -0.3 is 10.1 Å². The fourth-order valence-corrected chi connectivity index (χ4v) is 5.11. The topological polar surface area (TPSA) is 87.0 Å². The molecule has 0 saturated carbocycles. The third-order valence-electron chi connectivity index (χ3n) is 5.57. The van der Waals surface area contributed by atoms with Gasteiger partial charge in [0, 0.05) is 34.4 Å². The van der Waals surface area contributed by atoms with Crippen molar-refractivity contribution in [2.24, 2.45) is 0 Å². The Morgan fingerprint density at radius 2 is 1.89 bits per heavy atom. The lowest BCUT2D eigenvalue weighted by Gasteiger charge is -2.34. The van der Waals surface area contributed by atoms with Crippen LogP contribution in [0.1, 0.15) is 40.7 Å². The van der Waals surface area contributed by atoms with E-state index in [-0.39, 0.29) is 23.2 Å². The van der Waals surface area contributed by atoms with Crippen molar-refractivity contribution in [2.45, 2.75) is 24.7 Å². The van der Waals surface area contributed by atoms with Crippen LogP contribution in [0, 0.1) is 0 Å². The lowest BCUT2D eigenvalue weighted by molar-refractivity contribution is -0.116. The molecule has 1 aliphatic carbocycles. The Hall–Kier alpha value is -3.06. The maximum atomic E-state index is 13.2. The molecule has 0 fully saturated rings. The average Bonchev–Trinajstić information content (AvgIpc) is 3.37. The highest BCUT2D eigenvalue weighted by molar-refractivity contribution is 7.10. The molecule has 142 valence electrons. The van der Waals surface area contributed by atoms with Crippen molar-refractivity contribution in [2.75, 3.05) is 12.4 Å². The fourth-order valence-electron chi connectivity index (χ4n) is 4.28. The SMILES string of the molecule is COc1ccc([C@@H]2C3=C(C[C@@H](c4cccs4)CC3=O)Nc3[nH][nH]c(=O)c32)cc1. The normalized spacial score (nSPS) is 21.1. The van der Waals surface area contributed by atoms with Crippen molar-refractivity contribution < 1.29 is 9.53 Å². The Morgan fingerprint density at radius 3 is 2.61 bits per heavy atom. The summed E-state index contributed by atoms with van der Waals surface area (Å²) in [4.78, 5) is 27.0. The lowest BCUT2D eigenvalue weighted by atomic mass is 9.74. The Labute approximate surface area is 165 Å². The molecule has 1 aromatic carbocycles. The molecule has 7 heteroatoms. The van der Waals surface area contributed by atoms with E-state index in [0.29, 0.717) is 23.4 Å². The molecular weight excluding hydrogens is 374 g/mol. The average molecular weight is 393 g/mol. The van der Waals surface area contributed by atoms with Gasteiger partial charge in [0.05, 0.1) is 12.7 Å². The zero-order chi connectivity index (χ0) is 19.3. The molecule has 0 saturated heterocycles. The smallest absolute Gasteiger partial charge is 0.270 e. The predicted molar refractivity (Wildman–Crippen MR) is 108 cm³/mol. The second-order valence-corrected chi connectivity index (χ2v) is 8.11. The number of carbonyl (C=O) groups is 1. The number of thiophene rings is 1. The molecule has 2 aliphatic rings. The molecule has 0 radical (unpaired) electrons. The third-order valence-corrected chi connectivity index (χ3v) is 6.61. The van der Waals surface area contributed by atoms with Crippen LogP contribution in [0.4, 0.5) is 5.82 Å². The van der Waals surface area contributed by atoms with Gasteiger partial charge in [-0.3, -0.25) is 19.8 Å². The number of Topliss-reactive ketones (excluding diaryl/α,β-unsaturated/α-hetero) is 1. The predicted octanol–water partition coefficient (Wildman–Crippen LogP) is 3.73. The molecule has 3 N–H and O–H groups in total. The number of ketones is 1. The number of hydrogen-bond acceptors (Lipinski definition) is 5. The molecule has 0 unspecified atom stereocenters. The standard InChI is InChI=1S/C21H19N3O3S/c1-27-13-6-4-11(5-7-13)17-18-14(22-20-19(17)21(26)24-23-20)9-12(10-15(18)25)16-3-2-8-28-16/h2-8,12,17H,9-10H2,1H3,(H3,22,23,24,26)/t12-,17-/m1/s1. The number of carbonyl (C=O) groups excluding carboxylic acids is 1. The minimum absolute atomic E-state index is 0.0965. The zero-order valence-electron chi connectivity index (χ0n) is 15.2. The van der Waals surface area contributed by atoms with Gasteiger partial charge in [0.25, 0.3) is 5.56 Å². The van der Waals surface area contributed by atoms with Crippen LogP contribution in [0.5, 0.6) is 5.75 Å². The molecule has 0 amide bonds. The highest BCUT2D eigenvalue weighted by Gasteiger charge is 2.40. The number of fused-ring (bicyclic) bond motifs is 1. The van der Waals surface area contributed by atoms with Crippen LogP contribution in [0.25, 0.3) is 0 Å². The summed E-state index contributed by atoms with van der Waals surface area (Å²) < 4.78 is 5.25. The highest BCUT2D eigenvalue weighted by atomic mass is 32.1. The number of allylic oxidation sites excluding steroid dienone is 2. The van der Waals surface area contributed by atoms with E-state index in [9.17, 15) is 9.59 Å². The minimum atomic E-state index is -0.385. The van der Waals surface area contributed by atoms with Crippen molar-refractivity contribution in [3.8, 4) is 5.75 Å². The summed E-state index contributed by atoms with van der Waals surface area (Å²) in [7, 11) is 1.62. The number of aromatic amines is 2. The van der Waals surface area contributed by atoms with Crippen LogP contribution in [-0.4, -0.2) is 23.1 Å². The number of benzene rings is 1. The molecule has 0 spiro atoms. The second kappa shape index (κ2) is 6.53. The fraction of sp³-hybridized carbons (Fsp3) is 0.238. The van der Waals surface area contributed by atoms with E-state index in [1.54, 1.807) is 18.4 Å². The molecule has 5 rings (SSSR count). The molecule has 28 heavy (non-hydrogen) atoms. The van der Waals surface area contributed by atoms with Crippen molar-refractivity contribution in [3.05, 3.63) is 79.4 Å². The number of anilines is 1. The van der Waals surface area contributed by atoms with E-state index in [2.05, 4.69) is 21.6 Å². The van der Waals surface area contributed by atoms with Crippen molar-refractivity contribution in [3.63, 3.8) is 0 Å². The molecule has 2 atom stereocenters. The van der Waals surface area contributed by atoms with Crippen molar-refractivity contribution in [1.82, 2.24) is 10.2 Å². The molecule has 3 aromatic rings. The zero-order valence-corrected chi connectivity index (χ0v) is 16.1. The first kappa shape index (κ1) is 17.1. The van der Waals surface area contributed by atoms with E-state index >= 15 is 0 Å². The van der Waals surface area contributed by atoms with Gasteiger partial charge >= 0.3 is 0 Å². The van der Waals surface area contributed by atoms with Crippen molar-refractivity contribution >= 4 is 22.9 Å². The first-order valence-electron chi connectivity index (χ1n) is 9.17. The van der Waals surface area contributed by atoms with Crippen LogP contribution in [0.3, 0.4) is 0 Å². The first-order chi connectivity index (χ1) is 13.7. The first-order valence-corrected chi connectivity index (χ1v) is 10.0. The largest absolute Gasteiger partial charge is 0.497 e. The van der Waals surface area contributed by atoms with E-state index < -0.39 is 0 Å². The summed E-state index contributed by atoms with van der Waals surface area (Å²) in [5.41, 5.74) is 2.87. The summed E-state index contributed by atoms with van der Waals surface area (Å²) in [6.45, 7) is 0. The number of H-pyrrole nitrogens is 2. The van der Waals surface area contributed by atoms with Gasteiger partial charge in [-0.2, -0.15) is 0 Å². The van der Waals surface area contributed by atoms with E-state index in [1.165, 1.54) is 4.88 Å². The van der Waals surface area contributed by atoms with Crippen molar-refractivity contribution in [1.29, 1.82) is 0 Å². The Morgan fingerprint density at radius 1 is 1.07 bits per heavy atom. The quantitative estimate of drug-likeness (QED) is 0.633. The van der Waals surface area contributed by atoms with Crippen LogP contribution in [-0.2, 0) is 4.79 Å². The van der Waals surface area contributed by atoms with Gasteiger partial charge in [-0.1, -0.05) is 18.2 Å². The summed E-state index contributed by atoms with van der Waals surface area (Å²) in [6, 6.07) is 11.7. The van der Waals surface area contributed by atoms with Crippen LogP contribution in [0.15, 0.2) is 57.8 Å². The molecule has 6 nitrogen and oxygen atoms in total. The Kier molecular flexibility index (Phi) is 3.98. The summed E-state index contributed by atoms with van der Waals surface area (Å²) in [5.74, 6) is 1.26. The number of methoxy groups -OCH3 is 1. The van der Waals surface area contributed by atoms with Crippen LogP contribution >= 0.6 is 11.3 Å². The monoisotopic (exact) mass is 393 g/mol. The minimum Gasteiger partial charge on any atom is -0.497 e. The van der Waals surface area contributed by atoms with Gasteiger partial charge in [-0.15, -0.1) is 11.3 Å². The molecular formula is C21H19N3O3S. The molecule has 0 bridgehead atoms. The Bertz CT molecular complexity index is 1120. The molecule has 3 heterocycles. The van der Waals surface area contributed by atoms with Gasteiger partial charge in [0.1, 0.15) is 11.6 Å². The number of hydrogen-bond donors (Lipinski definition) is 3. The molecule has 1 aliphatic heterocycles. The highest BCUT2D eigenvalue weighted by Crippen LogP contribution is 2.47. The number of rotatable bonds is 3. The third kappa shape index (κ3) is 2.62. The molecule has 2 aromatic heterocycles. The number of nitrogens with one attached hydrogen (secondary N) is 3. The van der Waals surface area contributed by atoms with E-state index in [4.69, 9.17) is 4.74 Å². The van der Waals surface area contributed by atoms with Crippen LogP contribution in [0.2, 0.25) is 0 Å². The van der Waals surface area contributed by atoms with Gasteiger partial charge in [0.2, 0.25) is 0 Å². The summed E-state index contributed by atoms with van der Waals surface area (Å²) in [5, 5.41) is 10.9. The maximum absolute atomic E-state index is 13.2. The maximum Gasteiger partial charge on any atom is 0.270 e. The van der Waals surface area contributed by atoms with E-state index in [1.807, 2.05) is 35.7 Å². The Balaban J connectivity index is 1.63. The van der Waals surface area contributed by atoms with Gasteiger partial charge in [-0.05, 0) is 35.6 Å². The second-order valence-electron chi connectivity index (χ2n) is 7.13. The van der Waals surface area contributed by atoms with Crippen LogP contribution < -0.4 is 15.6 Å². The van der Waals surface area contributed by atoms with Gasteiger partial charge in [0.15, 0.2) is 5.78 Å².